The van der Waals surface area contributed by atoms with Gasteiger partial charge in [0.15, 0.2) is 0 Å². The van der Waals surface area contributed by atoms with Crippen molar-refractivity contribution in [2.75, 3.05) is 146 Å². The topological polar surface area (TPSA) is 243 Å². The van der Waals surface area contributed by atoms with Gasteiger partial charge in [-0.05, 0) is 112 Å². The number of allylic oxidation sites excluding steroid dienone is 4. The molecule has 20 nitrogen and oxygen atoms in total. The first-order chi connectivity index (χ1) is 36.8. The van der Waals surface area contributed by atoms with Crippen LogP contribution in [0.5, 0.6) is 0 Å². The van der Waals surface area contributed by atoms with Crippen LogP contribution in [0.4, 0.5) is 0 Å². The van der Waals surface area contributed by atoms with Gasteiger partial charge in [-0.15, -0.1) is 0 Å². The number of nitrogens with zero attached hydrogens (tertiary/aromatic N) is 2. The molecule has 0 spiro atoms. The van der Waals surface area contributed by atoms with Crippen molar-refractivity contribution in [2.24, 2.45) is 0 Å². The number of aryl methyl sites for hydroxylation is 2. The van der Waals surface area contributed by atoms with Crippen molar-refractivity contribution < 1.29 is 76.6 Å². The smallest absolute Gasteiger partial charge is 0.303 e. The molecule has 2 atom stereocenters. The maximum Gasteiger partial charge on any atom is 0.303 e. The molecule has 0 saturated carbocycles. The van der Waals surface area contributed by atoms with E-state index in [0.717, 1.165) is 66.6 Å². The lowest BCUT2D eigenvalue weighted by molar-refractivity contribution is -0.137. The first-order valence-electron chi connectivity index (χ1n) is 26.3. The van der Waals surface area contributed by atoms with Gasteiger partial charge in [0, 0.05) is 60.3 Å². The molecule has 20 heteroatoms. The highest BCUT2D eigenvalue weighted by Gasteiger charge is 2.25. The summed E-state index contributed by atoms with van der Waals surface area (Å²) in [4.78, 5) is 41.5. The summed E-state index contributed by atoms with van der Waals surface area (Å²) in [5, 5.41) is 19.6. The molecule has 0 fully saturated rings. The Balaban J connectivity index is 1.40. The fourth-order valence-corrected chi connectivity index (χ4v) is 8.83. The Kier molecular flexibility index (Phi) is 27.7. The van der Waals surface area contributed by atoms with E-state index in [2.05, 4.69) is 23.0 Å². The Labute approximate surface area is 446 Å². The number of aliphatic carboxylic acids is 2. The predicted octanol–water partition coefficient (Wildman–Crippen LogP) is 8.10. The Morgan fingerprint density at radius 2 is 0.737 bits per heavy atom. The minimum Gasteiger partial charge on any atom is -0.481 e. The Morgan fingerprint density at radius 3 is 1.08 bits per heavy atom. The summed E-state index contributed by atoms with van der Waals surface area (Å²) in [6.45, 7) is 21.1. The number of hydrogen-bond donors (Lipinski definition) is 4. The van der Waals surface area contributed by atoms with Crippen molar-refractivity contribution >= 4 is 56.3 Å². The summed E-state index contributed by atoms with van der Waals surface area (Å²) in [7, 11) is 3.27. The van der Waals surface area contributed by atoms with Crippen molar-refractivity contribution in [1.29, 1.82) is 0 Å². The minimum atomic E-state index is -0.924. The standard InChI is InChI=1S/C56H82N4O16/c1-37-43(9-11-53(61)62)49-36-50-44(10-12-54(63)64)38(2)46(58-50)34-51-56(42(6)76-32-30-74-28-26-72-24-22-70-20-18-68-16-14-66-8)40(4)48(60-51)35-52-55(39(3)47(59-52)33-45(37)57-49)41(5)75-31-29-73-27-25-71-23-21-69-19-17-67-15-13-65-7/h33-36,41-42,59-60H,9-32H2,1-8H3,(H,61,62)(H,63,64). The lowest BCUT2D eigenvalue weighted by atomic mass is 9.98. The molecule has 2 aliphatic rings. The molecule has 422 valence electrons. The molecule has 76 heavy (non-hydrogen) atoms. The second-order valence-corrected chi connectivity index (χ2v) is 18.2. The maximum absolute atomic E-state index is 11.9. The molecule has 0 amide bonds. The summed E-state index contributed by atoms with van der Waals surface area (Å²) >= 11 is 0. The maximum atomic E-state index is 11.9. The first-order valence-corrected chi connectivity index (χ1v) is 26.3. The van der Waals surface area contributed by atoms with Crippen molar-refractivity contribution in [3.05, 3.63) is 69.3 Å². The number of carboxylic acid groups (broad SMARTS) is 2. The molecule has 2 aliphatic heterocycles. The van der Waals surface area contributed by atoms with Gasteiger partial charge in [0.25, 0.3) is 0 Å². The molecule has 0 radical (unpaired) electrons. The molecular weight excluding hydrogens is 985 g/mol. The van der Waals surface area contributed by atoms with Gasteiger partial charge in [-0.3, -0.25) is 9.59 Å². The van der Waals surface area contributed by atoms with Gasteiger partial charge in [-0.25, -0.2) is 9.97 Å². The predicted molar refractivity (Wildman–Crippen MR) is 288 cm³/mol. The highest BCUT2D eigenvalue weighted by molar-refractivity contribution is 5.96. The molecule has 0 saturated heterocycles. The number of H-pyrrole nitrogens is 2. The van der Waals surface area contributed by atoms with Gasteiger partial charge >= 0.3 is 11.9 Å². The number of aromatic nitrogens is 4. The van der Waals surface area contributed by atoms with Crippen LogP contribution < -0.4 is 0 Å². The molecule has 8 bridgehead atoms. The van der Waals surface area contributed by atoms with E-state index in [1.54, 1.807) is 14.2 Å². The van der Waals surface area contributed by atoms with Gasteiger partial charge < -0.3 is 77.0 Å². The number of carbonyl (C=O) groups is 2. The fraction of sp³-hybridized carbons (Fsp3) is 0.607. The fourth-order valence-electron chi connectivity index (χ4n) is 8.83. The minimum absolute atomic E-state index is 0.0929. The highest BCUT2D eigenvalue weighted by atomic mass is 16.6. The van der Waals surface area contributed by atoms with Crippen LogP contribution in [0.2, 0.25) is 0 Å². The van der Waals surface area contributed by atoms with E-state index in [1.165, 1.54) is 0 Å². The van der Waals surface area contributed by atoms with Crippen LogP contribution in [0, 0.1) is 13.8 Å². The zero-order valence-electron chi connectivity index (χ0n) is 45.9. The largest absolute Gasteiger partial charge is 0.481 e. The van der Waals surface area contributed by atoms with Gasteiger partial charge in [0.05, 0.1) is 167 Å². The summed E-state index contributed by atoms with van der Waals surface area (Å²) in [6, 6.07) is 7.93. The summed E-state index contributed by atoms with van der Waals surface area (Å²) < 4.78 is 67.8. The van der Waals surface area contributed by atoms with Crippen LogP contribution in [0.3, 0.4) is 0 Å². The number of methoxy groups -OCH3 is 2. The quantitative estimate of drug-likeness (QED) is 0.0393. The summed E-state index contributed by atoms with van der Waals surface area (Å²) in [5.41, 5.74) is 12.8. The third-order valence-electron chi connectivity index (χ3n) is 12.9. The molecule has 5 heterocycles. The highest BCUT2D eigenvalue weighted by Crippen LogP contribution is 2.39. The van der Waals surface area contributed by atoms with E-state index in [9.17, 15) is 19.8 Å². The van der Waals surface area contributed by atoms with Crippen LogP contribution in [-0.4, -0.2) is 188 Å². The van der Waals surface area contributed by atoms with E-state index in [4.69, 9.17) is 66.8 Å². The number of carboxylic acids is 2. The van der Waals surface area contributed by atoms with Gasteiger partial charge in [-0.1, -0.05) is 0 Å². The number of hydrogen-bond acceptors (Lipinski definition) is 16. The zero-order valence-corrected chi connectivity index (χ0v) is 45.9. The molecule has 0 aliphatic carbocycles. The monoisotopic (exact) mass is 1070 g/mol. The molecule has 5 rings (SSSR count). The van der Waals surface area contributed by atoms with Crippen molar-refractivity contribution in [2.45, 2.75) is 79.4 Å². The third kappa shape index (κ3) is 19.8. The van der Waals surface area contributed by atoms with E-state index in [-0.39, 0.29) is 37.9 Å². The Bertz CT molecular complexity index is 2520. The number of nitrogens with one attached hydrogen (secondary N) is 2. The van der Waals surface area contributed by atoms with E-state index < -0.39 is 11.9 Å². The molecule has 3 aromatic rings. The Hall–Kier alpha value is -4.94. The van der Waals surface area contributed by atoms with Gasteiger partial charge in [0.2, 0.25) is 0 Å². The zero-order chi connectivity index (χ0) is 54.7. The van der Waals surface area contributed by atoms with Crippen molar-refractivity contribution in [3.63, 3.8) is 0 Å². The van der Waals surface area contributed by atoms with E-state index in [0.29, 0.717) is 155 Å². The van der Waals surface area contributed by atoms with Crippen molar-refractivity contribution in [3.8, 4) is 0 Å². The third-order valence-corrected chi connectivity index (χ3v) is 12.9. The normalized spacial score (nSPS) is 13.6. The molecule has 2 unspecified atom stereocenters. The van der Waals surface area contributed by atoms with Gasteiger partial charge in [-0.2, -0.15) is 0 Å². The van der Waals surface area contributed by atoms with E-state index >= 15 is 0 Å². The molecular formula is C56H82N4O16. The summed E-state index contributed by atoms with van der Waals surface area (Å²) in [5.74, 6) is -1.85. The van der Waals surface area contributed by atoms with Crippen LogP contribution in [-0.2, 0) is 66.4 Å². The average molecular weight is 1070 g/mol. The number of aromatic amines is 2. The van der Waals surface area contributed by atoms with Gasteiger partial charge in [0.1, 0.15) is 0 Å². The summed E-state index contributed by atoms with van der Waals surface area (Å²) in [6.07, 6.45) is -0.439. The Morgan fingerprint density at radius 1 is 0.434 bits per heavy atom. The molecule has 0 aromatic carbocycles. The number of ether oxygens (including phenoxy) is 12. The first kappa shape index (κ1) is 61.9. The lowest BCUT2D eigenvalue weighted by Gasteiger charge is -2.15. The molecule has 3 aromatic heterocycles. The SMILES string of the molecule is COCCOCCOCCOCCOCCOC(C)c1c(C)c2cc3[nH]c(cc4nc(cc5nc(cc1[nH]2)C(C)=C5CCC(=O)O)C(CCC(=O)O)=C4C)c(C)c3C(C)OCCOCCOCCOCCOCCOC. The number of fused-ring (bicyclic) bond motifs is 8. The lowest BCUT2D eigenvalue weighted by Crippen LogP contribution is -2.14. The second-order valence-electron chi connectivity index (χ2n) is 18.2. The van der Waals surface area contributed by atoms with Crippen molar-refractivity contribution in [1.82, 2.24) is 19.9 Å². The van der Waals surface area contributed by atoms with E-state index in [1.807, 2.05) is 52.8 Å². The van der Waals surface area contributed by atoms with Crippen LogP contribution in [0.1, 0.15) is 111 Å². The second kappa shape index (κ2) is 34.1. The van der Waals surface area contributed by atoms with Crippen LogP contribution >= 0.6 is 0 Å². The van der Waals surface area contributed by atoms with Crippen LogP contribution in [0.25, 0.3) is 44.4 Å². The van der Waals surface area contributed by atoms with Crippen LogP contribution in [0.15, 0.2) is 24.3 Å². The molecule has 4 N–H and O–H groups in total. The average Bonchev–Trinajstić information content (AvgIpc) is 4.08. The number of rotatable bonds is 40.